The van der Waals surface area contributed by atoms with Crippen LogP contribution in [0.25, 0.3) is 11.0 Å². The summed E-state index contributed by atoms with van der Waals surface area (Å²) < 4.78 is 5.56. The van der Waals surface area contributed by atoms with E-state index in [2.05, 4.69) is 29.1 Å². The topological polar surface area (TPSA) is 67.0 Å². The van der Waals surface area contributed by atoms with E-state index in [1.807, 2.05) is 24.3 Å². The summed E-state index contributed by atoms with van der Waals surface area (Å²) in [6.07, 6.45) is 3.51. The molecule has 124 valence electrons. The molecule has 1 aliphatic heterocycles. The molecule has 5 heteroatoms. The fourth-order valence-corrected chi connectivity index (χ4v) is 3.08. The van der Waals surface area contributed by atoms with Crippen LogP contribution >= 0.6 is 0 Å². The van der Waals surface area contributed by atoms with Gasteiger partial charge in [0.1, 0.15) is 5.82 Å². The van der Waals surface area contributed by atoms with Crippen molar-refractivity contribution in [2.24, 2.45) is 5.92 Å². The minimum Gasteiger partial charge on any atom is -0.378 e. The molecule has 2 N–H and O–H groups in total. The van der Waals surface area contributed by atoms with Gasteiger partial charge in [-0.25, -0.2) is 4.98 Å². The maximum absolute atomic E-state index is 12.4. The van der Waals surface area contributed by atoms with Gasteiger partial charge in [-0.2, -0.15) is 0 Å². The first-order valence-electron chi connectivity index (χ1n) is 8.53. The highest BCUT2D eigenvalue weighted by molar-refractivity contribution is 5.78. The summed E-state index contributed by atoms with van der Waals surface area (Å²) >= 11 is 0. The number of fused-ring (bicyclic) bond motifs is 1. The zero-order chi connectivity index (χ0) is 16.2. The second kappa shape index (κ2) is 7.13. The molecule has 1 fully saturated rings. The predicted molar refractivity (Wildman–Crippen MR) is 90.0 cm³/mol. The van der Waals surface area contributed by atoms with Gasteiger partial charge in [-0.3, -0.25) is 4.79 Å². The number of nitrogens with one attached hydrogen (secondary N) is 2. The van der Waals surface area contributed by atoms with Crippen molar-refractivity contribution < 1.29 is 9.53 Å². The van der Waals surface area contributed by atoms with Gasteiger partial charge < -0.3 is 15.0 Å². The third-order valence-electron chi connectivity index (χ3n) is 4.67. The van der Waals surface area contributed by atoms with Crippen molar-refractivity contribution in [3.63, 3.8) is 0 Å². The van der Waals surface area contributed by atoms with Crippen LogP contribution in [-0.4, -0.2) is 28.6 Å². The zero-order valence-corrected chi connectivity index (χ0v) is 13.8. The highest BCUT2D eigenvalue weighted by atomic mass is 16.5. The summed E-state index contributed by atoms with van der Waals surface area (Å²) in [4.78, 5) is 20.4. The summed E-state index contributed by atoms with van der Waals surface area (Å²) in [5.74, 6) is 1.19. The third-order valence-corrected chi connectivity index (χ3v) is 4.67. The number of imidazole rings is 1. The molecule has 0 unspecified atom stereocenters. The largest absolute Gasteiger partial charge is 0.378 e. The van der Waals surface area contributed by atoms with Crippen LogP contribution in [0.4, 0.5) is 0 Å². The molecule has 1 aromatic carbocycles. The van der Waals surface area contributed by atoms with Crippen molar-refractivity contribution in [2.75, 3.05) is 6.61 Å². The van der Waals surface area contributed by atoms with Crippen LogP contribution in [0.5, 0.6) is 0 Å². The lowest BCUT2D eigenvalue weighted by molar-refractivity contribution is -0.124. The molecule has 3 atom stereocenters. The number of H-pyrrole nitrogens is 1. The van der Waals surface area contributed by atoms with E-state index in [-0.39, 0.29) is 18.1 Å². The molecule has 2 heterocycles. The van der Waals surface area contributed by atoms with Gasteiger partial charge in [-0.1, -0.05) is 32.4 Å². The molecule has 5 nitrogen and oxygen atoms in total. The first-order chi connectivity index (χ1) is 11.2. The number of carbonyl (C=O) groups is 1. The normalized spacial score (nSPS) is 20.5. The maximum Gasteiger partial charge on any atom is 0.223 e. The number of hydrogen-bond acceptors (Lipinski definition) is 3. The number of amides is 1. The number of ether oxygens (including phenoxy) is 1. The molecule has 0 aliphatic carbocycles. The molecule has 0 radical (unpaired) electrons. The van der Waals surface area contributed by atoms with Crippen molar-refractivity contribution in [1.82, 2.24) is 15.3 Å². The number of aromatic nitrogens is 2. The van der Waals surface area contributed by atoms with Gasteiger partial charge in [0.05, 0.1) is 29.6 Å². The van der Waals surface area contributed by atoms with Gasteiger partial charge in [0, 0.05) is 6.61 Å². The predicted octanol–water partition coefficient (Wildman–Crippen LogP) is 3.34. The van der Waals surface area contributed by atoms with Crippen LogP contribution < -0.4 is 5.32 Å². The van der Waals surface area contributed by atoms with Crippen molar-refractivity contribution in [3.8, 4) is 0 Å². The standard InChI is InChI=1S/C18H25N3O2/c1-3-12(2)17(21-16(22)11-13-7-6-10-23-13)18-19-14-8-4-5-9-15(14)20-18/h4-5,8-9,12-13,17H,3,6-7,10-11H2,1-2H3,(H,19,20)(H,21,22)/t12-,13-,17+/m0/s1. The number of hydrogen-bond donors (Lipinski definition) is 2. The van der Waals surface area contributed by atoms with Crippen LogP contribution in [0.3, 0.4) is 0 Å². The fraction of sp³-hybridized carbons (Fsp3) is 0.556. The quantitative estimate of drug-likeness (QED) is 0.859. The van der Waals surface area contributed by atoms with Crippen LogP contribution in [0.1, 0.15) is 51.4 Å². The molecular weight excluding hydrogens is 290 g/mol. The van der Waals surface area contributed by atoms with Crippen LogP contribution in [-0.2, 0) is 9.53 Å². The molecule has 3 rings (SSSR count). The lowest BCUT2D eigenvalue weighted by Gasteiger charge is -2.23. The van der Waals surface area contributed by atoms with E-state index in [0.717, 1.165) is 42.7 Å². The van der Waals surface area contributed by atoms with E-state index in [4.69, 9.17) is 4.74 Å². The van der Waals surface area contributed by atoms with Gasteiger partial charge in [-0.15, -0.1) is 0 Å². The second-order valence-corrected chi connectivity index (χ2v) is 6.41. The van der Waals surface area contributed by atoms with Gasteiger partial charge >= 0.3 is 0 Å². The molecule has 0 saturated carbocycles. The van der Waals surface area contributed by atoms with E-state index < -0.39 is 0 Å². The zero-order valence-electron chi connectivity index (χ0n) is 13.8. The van der Waals surface area contributed by atoms with Gasteiger partial charge in [0.25, 0.3) is 0 Å². The van der Waals surface area contributed by atoms with E-state index in [0.29, 0.717) is 12.3 Å². The Morgan fingerprint density at radius 3 is 3.00 bits per heavy atom. The smallest absolute Gasteiger partial charge is 0.223 e. The van der Waals surface area contributed by atoms with E-state index in [1.165, 1.54) is 0 Å². The average Bonchev–Trinajstić information content (AvgIpc) is 3.20. The Balaban J connectivity index is 1.75. The Hall–Kier alpha value is -1.88. The highest BCUT2D eigenvalue weighted by Crippen LogP contribution is 2.25. The van der Waals surface area contributed by atoms with E-state index in [9.17, 15) is 4.79 Å². The Morgan fingerprint density at radius 1 is 1.48 bits per heavy atom. The molecule has 1 aliphatic rings. The monoisotopic (exact) mass is 315 g/mol. The molecule has 1 amide bonds. The van der Waals surface area contributed by atoms with Crippen molar-refractivity contribution in [3.05, 3.63) is 30.1 Å². The van der Waals surface area contributed by atoms with Gasteiger partial charge in [0.15, 0.2) is 0 Å². The molecular formula is C18H25N3O2. The van der Waals surface area contributed by atoms with Crippen LogP contribution in [0.2, 0.25) is 0 Å². The van der Waals surface area contributed by atoms with Crippen molar-refractivity contribution in [2.45, 2.75) is 51.7 Å². The maximum atomic E-state index is 12.4. The van der Waals surface area contributed by atoms with Crippen LogP contribution in [0, 0.1) is 5.92 Å². The number of carbonyl (C=O) groups excluding carboxylic acids is 1. The summed E-state index contributed by atoms with van der Waals surface area (Å²) in [5.41, 5.74) is 1.94. The van der Waals surface area contributed by atoms with Gasteiger partial charge in [-0.05, 0) is 30.9 Å². The summed E-state index contributed by atoms with van der Waals surface area (Å²) in [5, 5.41) is 3.16. The second-order valence-electron chi connectivity index (χ2n) is 6.41. The molecule has 23 heavy (non-hydrogen) atoms. The van der Waals surface area contributed by atoms with E-state index >= 15 is 0 Å². The van der Waals surface area contributed by atoms with E-state index in [1.54, 1.807) is 0 Å². The molecule has 1 aromatic heterocycles. The molecule has 0 spiro atoms. The minimum atomic E-state index is -0.0960. The van der Waals surface area contributed by atoms with Crippen LogP contribution in [0.15, 0.2) is 24.3 Å². The SMILES string of the molecule is CC[C@H](C)[C@@H](NC(=O)C[C@@H]1CCCO1)c1nc2ccccc2[nH]1. The lowest BCUT2D eigenvalue weighted by atomic mass is 9.98. The fourth-order valence-electron chi connectivity index (χ4n) is 3.08. The summed E-state index contributed by atoms with van der Waals surface area (Å²) in [7, 11) is 0. The minimum absolute atomic E-state index is 0.0441. The molecule has 0 bridgehead atoms. The number of aromatic amines is 1. The van der Waals surface area contributed by atoms with Gasteiger partial charge in [0.2, 0.25) is 5.91 Å². The number of nitrogens with zero attached hydrogens (tertiary/aromatic N) is 1. The average molecular weight is 315 g/mol. The lowest BCUT2D eigenvalue weighted by Crippen LogP contribution is -2.35. The third kappa shape index (κ3) is 3.72. The van der Waals surface area contributed by atoms with Crippen molar-refractivity contribution in [1.29, 1.82) is 0 Å². The van der Waals surface area contributed by atoms with Crippen molar-refractivity contribution >= 4 is 16.9 Å². The highest BCUT2D eigenvalue weighted by Gasteiger charge is 2.26. The Kier molecular flexibility index (Phi) is 4.96. The Morgan fingerprint density at radius 2 is 2.30 bits per heavy atom. The number of para-hydroxylation sites is 2. The molecule has 2 aromatic rings. The first kappa shape index (κ1) is 16.0. The first-order valence-corrected chi connectivity index (χ1v) is 8.53. The number of rotatable bonds is 6. The number of benzene rings is 1. The summed E-state index contributed by atoms with van der Waals surface area (Å²) in [6.45, 7) is 5.05. The summed E-state index contributed by atoms with van der Waals surface area (Å²) in [6, 6.07) is 7.85. The molecule has 1 saturated heterocycles. The Labute approximate surface area is 136 Å². The Bertz CT molecular complexity index is 628.